The Labute approximate surface area is 91.2 Å². The van der Waals surface area contributed by atoms with Crippen molar-refractivity contribution in [1.82, 2.24) is 4.98 Å². The summed E-state index contributed by atoms with van der Waals surface area (Å²) >= 11 is 0. The highest BCUT2D eigenvalue weighted by Crippen LogP contribution is 2.28. The molecular weight excluding hydrogens is 220 g/mol. The molecule has 1 heterocycles. The zero-order chi connectivity index (χ0) is 12.3. The number of carbonyl (C=O) groups is 1. The maximum atomic E-state index is 12.7. The summed E-state index contributed by atoms with van der Waals surface area (Å²) in [5.74, 6) is -0.789. The second-order valence-electron chi connectivity index (χ2n) is 3.01. The van der Waals surface area contributed by atoms with E-state index in [4.69, 9.17) is 4.74 Å². The van der Waals surface area contributed by atoms with E-state index in [1.165, 1.54) is 14.0 Å². The van der Waals surface area contributed by atoms with E-state index >= 15 is 0 Å². The first-order chi connectivity index (χ1) is 7.51. The smallest absolute Gasteiger partial charge is 0.340 e. The highest BCUT2D eigenvalue weighted by molar-refractivity contribution is 5.92. The van der Waals surface area contributed by atoms with Gasteiger partial charge in [-0.25, -0.2) is 18.6 Å². The molecule has 0 unspecified atom stereocenters. The van der Waals surface area contributed by atoms with Gasteiger partial charge < -0.3 is 9.47 Å². The molecule has 88 valence electrons. The average molecular weight is 231 g/mol. The Balaban J connectivity index is 3.39. The van der Waals surface area contributed by atoms with E-state index in [9.17, 15) is 13.6 Å². The van der Waals surface area contributed by atoms with Crippen LogP contribution in [0.25, 0.3) is 0 Å². The number of carbonyl (C=O) groups excluding carboxylic acids is 1. The van der Waals surface area contributed by atoms with E-state index < -0.39 is 18.0 Å². The maximum absolute atomic E-state index is 12.7. The molecular formula is C10H11F2NO3. The van der Waals surface area contributed by atoms with Crippen LogP contribution in [0.1, 0.15) is 28.0 Å². The molecule has 0 amide bonds. The molecule has 0 atom stereocenters. The van der Waals surface area contributed by atoms with Gasteiger partial charge >= 0.3 is 5.97 Å². The van der Waals surface area contributed by atoms with Gasteiger partial charge in [0.05, 0.1) is 25.5 Å². The number of hydrogen-bond acceptors (Lipinski definition) is 4. The largest absolute Gasteiger partial charge is 0.481 e. The molecule has 1 aromatic rings. The molecule has 0 aromatic carbocycles. The Bertz CT molecular complexity index is 407. The van der Waals surface area contributed by atoms with Crippen LogP contribution in [0.5, 0.6) is 5.88 Å². The van der Waals surface area contributed by atoms with Crippen molar-refractivity contribution in [3.8, 4) is 5.88 Å². The van der Waals surface area contributed by atoms with Crippen LogP contribution < -0.4 is 4.74 Å². The van der Waals surface area contributed by atoms with Gasteiger partial charge in [0.15, 0.2) is 0 Å². The number of nitrogens with zero attached hydrogens (tertiary/aromatic N) is 1. The topological polar surface area (TPSA) is 48.4 Å². The van der Waals surface area contributed by atoms with Crippen molar-refractivity contribution in [2.45, 2.75) is 13.3 Å². The Hall–Kier alpha value is -1.72. The quantitative estimate of drug-likeness (QED) is 0.747. The highest BCUT2D eigenvalue weighted by Gasteiger charge is 2.23. The van der Waals surface area contributed by atoms with Crippen LogP contribution in [0.2, 0.25) is 0 Å². The molecule has 16 heavy (non-hydrogen) atoms. The predicted molar refractivity (Wildman–Crippen MR) is 51.8 cm³/mol. The van der Waals surface area contributed by atoms with Crippen LogP contribution >= 0.6 is 0 Å². The molecule has 6 heteroatoms. The Kier molecular flexibility index (Phi) is 3.76. The van der Waals surface area contributed by atoms with E-state index in [0.717, 1.165) is 13.2 Å². The molecule has 0 saturated carbocycles. The molecule has 0 spiro atoms. The van der Waals surface area contributed by atoms with Crippen molar-refractivity contribution in [3.05, 3.63) is 22.9 Å². The first kappa shape index (κ1) is 12.4. The van der Waals surface area contributed by atoms with Gasteiger partial charge in [0.1, 0.15) is 0 Å². The number of methoxy groups -OCH3 is 2. The van der Waals surface area contributed by atoms with Gasteiger partial charge in [0.25, 0.3) is 6.43 Å². The minimum Gasteiger partial charge on any atom is -0.481 e. The van der Waals surface area contributed by atoms with Crippen molar-refractivity contribution in [2.75, 3.05) is 14.2 Å². The number of esters is 1. The van der Waals surface area contributed by atoms with Gasteiger partial charge in [0.2, 0.25) is 5.88 Å². The lowest BCUT2D eigenvalue weighted by atomic mass is 10.1. The van der Waals surface area contributed by atoms with Crippen molar-refractivity contribution >= 4 is 5.97 Å². The number of aromatic nitrogens is 1. The minimum atomic E-state index is -2.79. The number of ether oxygens (including phenoxy) is 2. The van der Waals surface area contributed by atoms with Crippen molar-refractivity contribution < 1.29 is 23.0 Å². The van der Waals surface area contributed by atoms with Gasteiger partial charge in [-0.3, -0.25) is 0 Å². The third-order valence-electron chi connectivity index (χ3n) is 2.04. The molecule has 0 fully saturated rings. The second-order valence-corrected chi connectivity index (χ2v) is 3.01. The van der Waals surface area contributed by atoms with Gasteiger partial charge in [-0.15, -0.1) is 0 Å². The van der Waals surface area contributed by atoms with Crippen LogP contribution in [0, 0.1) is 6.92 Å². The maximum Gasteiger partial charge on any atom is 0.340 e. The number of rotatable bonds is 3. The summed E-state index contributed by atoms with van der Waals surface area (Å²) in [6.45, 7) is 1.45. The monoisotopic (exact) mass is 231 g/mol. The van der Waals surface area contributed by atoms with Crippen LogP contribution in [-0.2, 0) is 4.74 Å². The Morgan fingerprint density at radius 2 is 2.06 bits per heavy atom. The average Bonchev–Trinajstić information content (AvgIpc) is 2.26. The Morgan fingerprint density at radius 1 is 1.44 bits per heavy atom. The minimum absolute atomic E-state index is 0.0421. The molecule has 0 aliphatic heterocycles. The first-order valence-corrected chi connectivity index (χ1v) is 4.43. The normalized spacial score (nSPS) is 10.4. The third-order valence-corrected chi connectivity index (χ3v) is 2.04. The van der Waals surface area contributed by atoms with Crippen molar-refractivity contribution in [2.24, 2.45) is 0 Å². The molecule has 4 nitrogen and oxygen atoms in total. The van der Waals surface area contributed by atoms with Crippen molar-refractivity contribution in [3.63, 3.8) is 0 Å². The number of aryl methyl sites for hydroxylation is 1. The fourth-order valence-corrected chi connectivity index (χ4v) is 1.31. The zero-order valence-corrected chi connectivity index (χ0v) is 9.08. The summed E-state index contributed by atoms with van der Waals surface area (Å²) in [6.07, 6.45) is -2.79. The van der Waals surface area contributed by atoms with E-state index in [2.05, 4.69) is 9.72 Å². The Morgan fingerprint density at radius 3 is 2.50 bits per heavy atom. The van der Waals surface area contributed by atoms with Gasteiger partial charge in [-0.05, 0) is 6.92 Å². The lowest BCUT2D eigenvalue weighted by Crippen LogP contribution is -2.11. The van der Waals surface area contributed by atoms with Gasteiger partial charge in [-0.2, -0.15) is 0 Å². The zero-order valence-electron chi connectivity index (χ0n) is 9.08. The standard InChI is InChI=1S/C10H11F2NO3/c1-5-8(10(14)16-3)6(9(11)12)4-7(13-5)15-2/h4,9H,1-3H3. The molecule has 0 aliphatic carbocycles. The molecule has 1 rings (SSSR count). The SMILES string of the molecule is COC(=O)c1c(C(F)F)cc(OC)nc1C. The summed E-state index contributed by atoms with van der Waals surface area (Å²) in [4.78, 5) is 15.2. The molecule has 0 bridgehead atoms. The lowest BCUT2D eigenvalue weighted by Gasteiger charge is -2.11. The number of hydrogen-bond donors (Lipinski definition) is 0. The third kappa shape index (κ3) is 2.26. The van der Waals surface area contributed by atoms with Crippen LogP contribution in [0.3, 0.4) is 0 Å². The second kappa shape index (κ2) is 4.87. The van der Waals surface area contributed by atoms with Gasteiger partial charge in [-0.1, -0.05) is 0 Å². The summed E-state index contributed by atoms with van der Waals surface area (Å²) in [7, 11) is 2.44. The molecule has 0 N–H and O–H groups in total. The molecule has 0 radical (unpaired) electrons. The highest BCUT2D eigenvalue weighted by atomic mass is 19.3. The number of alkyl halides is 2. The van der Waals surface area contributed by atoms with Crippen LogP contribution in [0.15, 0.2) is 6.07 Å². The van der Waals surface area contributed by atoms with E-state index in [0.29, 0.717) is 0 Å². The molecule has 1 aromatic heterocycles. The number of pyridine rings is 1. The van der Waals surface area contributed by atoms with Gasteiger partial charge in [0, 0.05) is 11.6 Å². The lowest BCUT2D eigenvalue weighted by molar-refractivity contribution is 0.0587. The summed E-state index contributed by atoms with van der Waals surface area (Å²) in [5, 5.41) is 0. The summed E-state index contributed by atoms with van der Waals surface area (Å²) in [6, 6.07) is 1.03. The van der Waals surface area contributed by atoms with E-state index in [1.54, 1.807) is 0 Å². The fraction of sp³-hybridized carbons (Fsp3) is 0.400. The van der Waals surface area contributed by atoms with Crippen LogP contribution in [0.4, 0.5) is 8.78 Å². The molecule has 0 saturated heterocycles. The fourth-order valence-electron chi connectivity index (χ4n) is 1.31. The van der Waals surface area contributed by atoms with Crippen molar-refractivity contribution in [1.29, 1.82) is 0 Å². The predicted octanol–water partition coefficient (Wildman–Crippen LogP) is 2.12. The summed E-state index contributed by atoms with van der Waals surface area (Å²) < 4.78 is 34.6. The van der Waals surface area contributed by atoms with E-state index in [-0.39, 0.29) is 17.1 Å². The first-order valence-electron chi connectivity index (χ1n) is 4.43. The summed E-state index contributed by atoms with van der Waals surface area (Å²) in [5.41, 5.74) is -0.490. The molecule has 0 aliphatic rings. The van der Waals surface area contributed by atoms with Crippen LogP contribution in [-0.4, -0.2) is 25.2 Å². The van der Waals surface area contributed by atoms with E-state index in [1.807, 2.05) is 0 Å². The number of halogens is 2.